The average Bonchev–Trinajstić information content (AvgIpc) is 3.31. The minimum atomic E-state index is -3.66. The first-order valence-electron chi connectivity index (χ1n) is 14.6. The van der Waals surface area contributed by atoms with E-state index in [0.717, 1.165) is 18.4 Å². The van der Waals surface area contributed by atoms with Crippen molar-refractivity contribution in [2.75, 3.05) is 12.0 Å². The number of ether oxygens (including phenoxy) is 1. The number of nitrogens with one attached hydrogen (secondary N) is 1. The summed E-state index contributed by atoms with van der Waals surface area (Å²) in [5, 5.41) is 6.37. The quantitative estimate of drug-likeness (QED) is 0.144. The summed E-state index contributed by atoms with van der Waals surface area (Å²) >= 11 is 6.36. The van der Waals surface area contributed by atoms with Gasteiger partial charge in [0.25, 0.3) is 12.7 Å². The van der Waals surface area contributed by atoms with Crippen LogP contribution in [0.15, 0.2) is 42.5 Å². The highest BCUT2D eigenvalue weighted by Gasteiger charge is 2.31. The van der Waals surface area contributed by atoms with Crippen molar-refractivity contribution in [1.82, 2.24) is 20.1 Å². The van der Waals surface area contributed by atoms with Gasteiger partial charge >= 0.3 is 6.09 Å². The van der Waals surface area contributed by atoms with Crippen LogP contribution in [0.2, 0.25) is 5.02 Å². The van der Waals surface area contributed by atoms with E-state index in [1.165, 1.54) is 38.1 Å². The first-order valence-corrected chi connectivity index (χ1v) is 16.9. The minimum absolute atomic E-state index is 0.00561. The monoisotopic (exact) mass is 725 g/mol. The number of aromatic nitrogens is 3. The van der Waals surface area contributed by atoms with E-state index in [1.54, 1.807) is 20.8 Å². The SMILES string of the molecule is CC(C)(C)OC(=O)NC(Cc1cc(F)cc(F)c1)c1nc(C#CC(C)(C)S(C)(=O)=O)ccc1-c1ccc(Cl)c2c(N)nn(C(F)C(F)F)c12. The Morgan fingerprint density at radius 1 is 1.04 bits per heavy atom. The van der Waals surface area contributed by atoms with Gasteiger partial charge in [-0.1, -0.05) is 23.6 Å². The lowest BCUT2D eigenvalue weighted by Crippen LogP contribution is -2.36. The van der Waals surface area contributed by atoms with E-state index in [0.29, 0.717) is 10.7 Å². The van der Waals surface area contributed by atoms with Crippen molar-refractivity contribution < 1.29 is 39.9 Å². The Morgan fingerprint density at radius 3 is 2.22 bits per heavy atom. The number of alkyl halides is 3. The van der Waals surface area contributed by atoms with Gasteiger partial charge in [0.05, 0.1) is 27.7 Å². The summed E-state index contributed by atoms with van der Waals surface area (Å²) in [6.07, 6.45) is -6.68. The fourth-order valence-corrected chi connectivity index (χ4v) is 5.23. The topological polar surface area (TPSA) is 129 Å². The normalized spacial score (nSPS) is 13.6. The number of anilines is 1. The van der Waals surface area contributed by atoms with Crippen molar-refractivity contribution in [3.63, 3.8) is 0 Å². The number of carbonyl (C=O) groups excluding carboxylic acids is 1. The van der Waals surface area contributed by atoms with Crippen molar-refractivity contribution in [2.24, 2.45) is 0 Å². The number of hydrogen-bond acceptors (Lipinski definition) is 7. The number of carbonyl (C=O) groups is 1. The van der Waals surface area contributed by atoms with Crippen molar-refractivity contribution in [2.45, 2.75) is 70.2 Å². The van der Waals surface area contributed by atoms with Gasteiger partial charge in [0.1, 0.15) is 27.7 Å². The molecule has 0 saturated carbocycles. The number of sulfone groups is 1. The number of nitrogens with two attached hydrogens (primary N) is 1. The number of rotatable bonds is 8. The van der Waals surface area contributed by atoms with Crippen molar-refractivity contribution in [3.8, 4) is 23.0 Å². The summed E-state index contributed by atoms with van der Waals surface area (Å²) in [6, 6.07) is 7.06. The Labute approximate surface area is 284 Å². The number of benzene rings is 2. The third-order valence-corrected chi connectivity index (χ3v) is 9.56. The number of hydrogen-bond donors (Lipinski definition) is 2. The molecule has 0 aliphatic rings. The highest BCUT2D eigenvalue weighted by Crippen LogP contribution is 2.41. The van der Waals surface area contributed by atoms with Crippen molar-refractivity contribution in [1.29, 1.82) is 0 Å². The van der Waals surface area contributed by atoms with E-state index >= 15 is 0 Å². The zero-order valence-electron chi connectivity index (χ0n) is 27.2. The van der Waals surface area contributed by atoms with Gasteiger partial charge in [-0.2, -0.15) is 5.10 Å². The number of amides is 1. The Balaban J connectivity index is 2.06. The van der Waals surface area contributed by atoms with Crippen molar-refractivity contribution >= 4 is 44.3 Å². The number of pyridine rings is 1. The molecule has 2 aromatic heterocycles. The number of nitrogens with zero attached hydrogens (tertiary/aromatic N) is 3. The van der Waals surface area contributed by atoms with Gasteiger partial charge in [0.2, 0.25) is 0 Å². The summed E-state index contributed by atoms with van der Waals surface area (Å²) < 4.78 is 100.0. The first kappa shape index (κ1) is 37.4. The zero-order valence-corrected chi connectivity index (χ0v) is 28.8. The standard InChI is InChI=1S/C33H33ClF5N5O4S/c1-32(2,3)48-31(45)42-24(15-17-13-18(35)16-19(36)14-17)26-21(8-7-20(41-26)11-12-33(4,5)49(6,46)47)22-9-10-23(34)25-27(22)44(43-30(25)40)29(39)28(37)38/h7-10,13-14,16,24,28-29H,15H2,1-6H3,(H2,40,43)(H,42,45). The molecule has 0 saturated heterocycles. The van der Waals surface area contributed by atoms with E-state index in [9.17, 15) is 35.2 Å². The average molecular weight is 726 g/mol. The summed E-state index contributed by atoms with van der Waals surface area (Å²) in [5.41, 5.74) is 5.00. The molecule has 0 radical (unpaired) electrons. The number of fused-ring (bicyclic) bond motifs is 1. The van der Waals surface area contributed by atoms with Crippen LogP contribution in [-0.4, -0.2) is 52.3 Å². The van der Waals surface area contributed by atoms with Gasteiger partial charge in [0.15, 0.2) is 15.7 Å². The predicted molar refractivity (Wildman–Crippen MR) is 177 cm³/mol. The van der Waals surface area contributed by atoms with Crippen LogP contribution in [0, 0.1) is 23.5 Å². The van der Waals surface area contributed by atoms with Gasteiger partial charge in [-0.3, -0.25) is 0 Å². The van der Waals surface area contributed by atoms with E-state index < -0.39 is 56.7 Å². The molecule has 0 fully saturated rings. The van der Waals surface area contributed by atoms with Crippen LogP contribution in [0.3, 0.4) is 0 Å². The zero-order chi connectivity index (χ0) is 36.6. The second-order valence-corrected chi connectivity index (χ2v) is 15.7. The molecule has 2 unspecified atom stereocenters. The second-order valence-electron chi connectivity index (χ2n) is 12.7. The Morgan fingerprint density at radius 2 is 1.65 bits per heavy atom. The molecule has 2 heterocycles. The first-order chi connectivity index (χ1) is 22.6. The highest BCUT2D eigenvalue weighted by molar-refractivity contribution is 7.92. The lowest BCUT2D eigenvalue weighted by molar-refractivity contribution is 0.00366. The van der Waals surface area contributed by atoms with Crippen LogP contribution >= 0.6 is 11.6 Å². The van der Waals surface area contributed by atoms with E-state index in [-0.39, 0.29) is 56.2 Å². The lowest BCUT2D eigenvalue weighted by atomic mass is 9.93. The minimum Gasteiger partial charge on any atom is -0.444 e. The van der Waals surface area contributed by atoms with E-state index in [1.807, 2.05) is 0 Å². The molecule has 9 nitrogen and oxygen atoms in total. The molecule has 0 aliphatic heterocycles. The molecule has 2 atom stereocenters. The van der Waals surface area contributed by atoms with E-state index in [2.05, 4.69) is 27.2 Å². The van der Waals surface area contributed by atoms with E-state index in [4.69, 9.17) is 22.1 Å². The number of alkyl carbamates (subject to hydrolysis) is 1. The van der Waals surface area contributed by atoms with Crippen LogP contribution in [0.25, 0.3) is 22.0 Å². The van der Waals surface area contributed by atoms with Gasteiger partial charge in [-0.15, -0.1) is 0 Å². The van der Waals surface area contributed by atoms with Gasteiger partial charge in [0, 0.05) is 23.4 Å². The second kappa shape index (κ2) is 13.8. The third-order valence-electron chi connectivity index (χ3n) is 7.29. The highest BCUT2D eigenvalue weighted by atomic mass is 35.5. The lowest BCUT2D eigenvalue weighted by Gasteiger charge is -2.25. The molecular weight excluding hydrogens is 693 g/mol. The Hall–Kier alpha value is -4.42. The summed E-state index contributed by atoms with van der Waals surface area (Å²) in [7, 11) is -3.66. The third kappa shape index (κ3) is 8.60. The maximum atomic E-state index is 15.0. The van der Waals surface area contributed by atoms with Gasteiger partial charge in [-0.05, 0) is 82.9 Å². The van der Waals surface area contributed by atoms with Crippen LogP contribution in [-0.2, 0) is 21.0 Å². The largest absolute Gasteiger partial charge is 0.444 e. The molecule has 2 aromatic carbocycles. The van der Waals surface area contributed by atoms with Crippen LogP contribution in [0.5, 0.6) is 0 Å². The van der Waals surface area contributed by atoms with Crippen LogP contribution in [0.1, 0.15) is 63.9 Å². The maximum Gasteiger partial charge on any atom is 0.408 e. The molecule has 0 spiro atoms. The molecule has 4 aromatic rings. The molecule has 49 heavy (non-hydrogen) atoms. The maximum absolute atomic E-state index is 15.0. The molecule has 1 amide bonds. The molecular formula is C33H33ClF5N5O4S. The Bertz CT molecular complexity index is 2070. The summed E-state index contributed by atoms with van der Waals surface area (Å²) in [4.78, 5) is 17.8. The number of halogens is 6. The molecule has 0 bridgehead atoms. The fraction of sp³-hybridized carbons (Fsp3) is 0.364. The van der Waals surface area contributed by atoms with Crippen LogP contribution < -0.4 is 11.1 Å². The molecule has 3 N–H and O–H groups in total. The fourth-order valence-electron chi connectivity index (χ4n) is 4.74. The molecule has 16 heteroatoms. The Kier molecular flexibility index (Phi) is 10.6. The van der Waals surface area contributed by atoms with Gasteiger partial charge in [-0.25, -0.2) is 44.8 Å². The smallest absolute Gasteiger partial charge is 0.408 e. The van der Waals surface area contributed by atoms with Crippen molar-refractivity contribution in [3.05, 3.63) is 76.1 Å². The molecule has 4 rings (SSSR count). The number of nitrogen functional groups attached to an aromatic ring is 1. The van der Waals surface area contributed by atoms with Crippen LogP contribution in [0.4, 0.5) is 32.6 Å². The summed E-state index contributed by atoms with van der Waals surface area (Å²) in [5.74, 6) is 3.23. The predicted octanol–water partition coefficient (Wildman–Crippen LogP) is 7.33. The van der Waals surface area contributed by atoms with Gasteiger partial charge < -0.3 is 15.8 Å². The molecule has 262 valence electrons. The summed E-state index contributed by atoms with van der Waals surface area (Å²) in [6.45, 7) is 7.61. The molecule has 0 aliphatic carbocycles.